The molecule has 0 aliphatic rings. The van der Waals surface area contributed by atoms with E-state index in [-0.39, 0.29) is 6.04 Å². The minimum atomic E-state index is 0.0152. The number of hydrogen-bond donors (Lipinski definition) is 1. The van der Waals surface area contributed by atoms with Crippen LogP contribution in [0, 0.1) is 6.92 Å². The molecule has 0 aromatic heterocycles. The number of benzene rings is 2. The highest BCUT2D eigenvalue weighted by Crippen LogP contribution is 2.25. The van der Waals surface area contributed by atoms with Crippen LogP contribution in [0.5, 0.6) is 5.75 Å². The molecule has 100 valence electrons. The molecule has 0 saturated carbocycles. The quantitative estimate of drug-likeness (QED) is 0.842. The summed E-state index contributed by atoms with van der Waals surface area (Å²) in [5, 5.41) is 0. The van der Waals surface area contributed by atoms with Crippen LogP contribution in [0.3, 0.4) is 0 Å². The van der Waals surface area contributed by atoms with E-state index in [1.807, 2.05) is 24.3 Å². The highest BCUT2D eigenvalue weighted by molar-refractivity contribution is 7.99. The van der Waals surface area contributed by atoms with Crippen molar-refractivity contribution in [2.75, 3.05) is 12.9 Å². The number of thioether (sulfide) groups is 1. The molecule has 0 radical (unpaired) electrons. The number of aryl methyl sites for hydroxylation is 1. The van der Waals surface area contributed by atoms with Crippen LogP contribution < -0.4 is 10.5 Å². The zero-order valence-corrected chi connectivity index (χ0v) is 12.1. The van der Waals surface area contributed by atoms with Gasteiger partial charge in [-0.15, -0.1) is 11.8 Å². The summed E-state index contributed by atoms with van der Waals surface area (Å²) >= 11 is 1.78. The molecule has 0 heterocycles. The fourth-order valence-electron chi connectivity index (χ4n) is 1.79. The molecule has 2 N–H and O–H groups in total. The zero-order chi connectivity index (χ0) is 13.7. The third-order valence-electron chi connectivity index (χ3n) is 2.97. The van der Waals surface area contributed by atoms with Crippen LogP contribution in [0.1, 0.15) is 17.2 Å². The number of nitrogens with two attached hydrogens (primary N) is 1. The molecule has 1 atom stereocenters. The lowest BCUT2D eigenvalue weighted by molar-refractivity contribution is 0.414. The van der Waals surface area contributed by atoms with Crippen LogP contribution in [-0.4, -0.2) is 12.9 Å². The maximum Gasteiger partial charge on any atom is 0.119 e. The lowest BCUT2D eigenvalue weighted by Crippen LogP contribution is -2.12. The Morgan fingerprint density at radius 2 is 1.89 bits per heavy atom. The fourth-order valence-corrected chi connectivity index (χ4v) is 2.68. The second-order valence-electron chi connectivity index (χ2n) is 4.51. The number of hydrogen-bond acceptors (Lipinski definition) is 3. The van der Waals surface area contributed by atoms with Gasteiger partial charge >= 0.3 is 0 Å². The molecule has 0 aliphatic heterocycles. The summed E-state index contributed by atoms with van der Waals surface area (Å²) in [6.07, 6.45) is 0. The molecule has 2 aromatic rings. The first-order valence-electron chi connectivity index (χ1n) is 6.28. The molecule has 2 aromatic carbocycles. The number of rotatable bonds is 5. The van der Waals surface area contributed by atoms with Crippen molar-refractivity contribution in [3.05, 3.63) is 59.7 Å². The second kappa shape index (κ2) is 6.64. The molecule has 0 aliphatic carbocycles. The Bertz CT molecular complexity index is 525. The van der Waals surface area contributed by atoms with Gasteiger partial charge in [-0.3, -0.25) is 0 Å². The molecule has 3 heteroatoms. The molecule has 0 amide bonds. The molecule has 0 bridgehead atoms. The van der Waals surface area contributed by atoms with Gasteiger partial charge in [0.1, 0.15) is 5.75 Å². The Morgan fingerprint density at radius 3 is 2.58 bits per heavy atom. The van der Waals surface area contributed by atoms with E-state index in [1.165, 1.54) is 10.5 Å². The number of ether oxygens (including phenoxy) is 1. The molecule has 0 fully saturated rings. The highest BCUT2D eigenvalue weighted by Gasteiger charge is 2.07. The van der Waals surface area contributed by atoms with Gasteiger partial charge in [-0.2, -0.15) is 0 Å². The van der Waals surface area contributed by atoms with Crippen LogP contribution >= 0.6 is 11.8 Å². The van der Waals surface area contributed by atoms with Gasteiger partial charge < -0.3 is 10.5 Å². The SMILES string of the molecule is COc1cccc(C(N)CSc2ccc(C)cc2)c1. The molecule has 0 spiro atoms. The van der Waals surface area contributed by atoms with Crippen molar-refractivity contribution in [1.82, 2.24) is 0 Å². The summed E-state index contributed by atoms with van der Waals surface area (Å²) in [6.45, 7) is 2.09. The van der Waals surface area contributed by atoms with Gasteiger partial charge in [0.25, 0.3) is 0 Å². The van der Waals surface area contributed by atoms with Crippen molar-refractivity contribution in [3.63, 3.8) is 0 Å². The van der Waals surface area contributed by atoms with E-state index in [0.29, 0.717) is 0 Å². The van der Waals surface area contributed by atoms with Gasteiger partial charge in [0, 0.05) is 16.7 Å². The summed E-state index contributed by atoms with van der Waals surface area (Å²) in [5.74, 6) is 1.71. The fraction of sp³-hybridized carbons (Fsp3) is 0.250. The molecule has 1 unspecified atom stereocenters. The van der Waals surface area contributed by atoms with Gasteiger partial charge in [-0.1, -0.05) is 29.8 Å². The minimum Gasteiger partial charge on any atom is -0.497 e. The predicted molar refractivity (Wildman–Crippen MR) is 81.8 cm³/mol. The third-order valence-corrected chi connectivity index (χ3v) is 4.10. The van der Waals surface area contributed by atoms with Gasteiger partial charge in [0.05, 0.1) is 7.11 Å². The normalized spacial score (nSPS) is 12.2. The van der Waals surface area contributed by atoms with E-state index in [0.717, 1.165) is 17.1 Å². The van der Waals surface area contributed by atoms with E-state index in [9.17, 15) is 0 Å². The maximum atomic E-state index is 6.22. The van der Waals surface area contributed by atoms with Crippen molar-refractivity contribution in [2.45, 2.75) is 17.9 Å². The summed E-state index contributed by atoms with van der Waals surface area (Å²) in [5.41, 5.74) is 8.61. The maximum absolute atomic E-state index is 6.22. The van der Waals surface area contributed by atoms with Gasteiger partial charge in [-0.05, 0) is 36.8 Å². The average molecular weight is 273 g/mol. The van der Waals surface area contributed by atoms with Crippen molar-refractivity contribution in [1.29, 1.82) is 0 Å². The van der Waals surface area contributed by atoms with Gasteiger partial charge in [0.2, 0.25) is 0 Å². The smallest absolute Gasteiger partial charge is 0.119 e. The first-order chi connectivity index (χ1) is 9.19. The summed E-state index contributed by atoms with van der Waals surface area (Å²) < 4.78 is 5.22. The molecule has 19 heavy (non-hydrogen) atoms. The first kappa shape index (κ1) is 14.0. The predicted octanol–water partition coefficient (Wildman–Crippen LogP) is 3.80. The largest absolute Gasteiger partial charge is 0.497 e. The van der Waals surface area contributed by atoms with Crippen LogP contribution in [0.25, 0.3) is 0 Å². The highest BCUT2D eigenvalue weighted by atomic mass is 32.2. The third kappa shape index (κ3) is 4.01. The Hall–Kier alpha value is -1.45. The Morgan fingerprint density at radius 1 is 1.16 bits per heavy atom. The van der Waals surface area contributed by atoms with Crippen molar-refractivity contribution < 1.29 is 4.74 Å². The lowest BCUT2D eigenvalue weighted by Gasteiger charge is -2.13. The van der Waals surface area contributed by atoms with E-state index in [4.69, 9.17) is 10.5 Å². The molecule has 0 saturated heterocycles. The van der Waals surface area contributed by atoms with Crippen LogP contribution in [0.2, 0.25) is 0 Å². The van der Waals surface area contributed by atoms with Crippen LogP contribution in [0.15, 0.2) is 53.4 Å². The monoisotopic (exact) mass is 273 g/mol. The van der Waals surface area contributed by atoms with E-state index >= 15 is 0 Å². The van der Waals surface area contributed by atoms with Crippen molar-refractivity contribution >= 4 is 11.8 Å². The standard InChI is InChI=1S/C16H19NOS/c1-12-6-8-15(9-7-12)19-11-16(17)13-4-3-5-14(10-13)18-2/h3-10,16H,11,17H2,1-2H3. The zero-order valence-electron chi connectivity index (χ0n) is 11.3. The van der Waals surface area contributed by atoms with E-state index < -0.39 is 0 Å². The van der Waals surface area contributed by atoms with Gasteiger partial charge in [0.15, 0.2) is 0 Å². The second-order valence-corrected chi connectivity index (χ2v) is 5.60. The topological polar surface area (TPSA) is 35.2 Å². The molecule has 2 nitrogen and oxygen atoms in total. The summed E-state index contributed by atoms with van der Waals surface area (Å²) in [6, 6.07) is 16.5. The molecular weight excluding hydrogens is 254 g/mol. The van der Waals surface area contributed by atoms with E-state index in [1.54, 1.807) is 18.9 Å². The van der Waals surface area contributed by atoms with Crippen molar-refractivity contribution in [2.24, 2.45) is 5.73 Å². The Labute approximate surface area is 119 Å². The average Bonchev–Trinajstić information content (AvgIpc) is 2.46. The first-order valence-corrected chi connectivity index (χ1v) is 7.26. The summed E-state index contributed by atoms with van der Waals surface area (Å²) in [7, 11) is 1.67. The van der Waals surface area contributed by atoms with Crippen LogP contribution in [0.4, 0.5) is 0 Å². The Balaban J connectivity index is 1.96. The van der Waals surface area contributed by atoms with Crippen LogP contribution in [-0.2, 0) is 0 Å². The molecule has 2 rings (SSSR count). The summed E-state index contributed by atoms with van der Waals surface area (Å²) in [4.78, 5) is 1.25. The lowest BCUT2D eigenvalue weighted by atomic mass is 10.1. The van der Waals surface area contributed by atoms with Gasteiger partial charge in [-0.25, -0.2) is 0 Å². The Kier molecular flexibility index (Phi) is 4.88. The number of methoxy groups -OCH3 is 1. The minimum absolute atomic E-state index is 0.0152. The van der Waals surface area contributed by atoms with Crippen molar-refractivity contribution in [3.8, 4) is 5.75 Å². The van der Waals surface area contributed by atoms with E-state index in [2.05, 4.69) is 31.2 Å². The molecular formula is C16H19NOS.